The molecule has 8 nitrogen and oxygen atoms in total. The van der Waals surface area contributed by atoms with Crippen LogP contribution in [0.5, 0.6) is 0 Å². The van der Waals surface area contributed by atoms with Crippen molar-refractivity contribution in [2.75, 3.05) is 25.2 Å². The van der Waals surface area contributed by atoms with Gasteiger partial charge in [0.05, 0.1) is 11.5 Å². The van der Waals surface area contributed by atoms with Crippen LogP contribution in [0.2, 0.25) is 5.02 Å². The van der Waals surface area contributed by atoms with E-state index in [1.54, 1.807) is 20.8 Å². The number of nitro benzene ring substituents is 1. The molecule has 0 unspecified atom stereocenters. The van der Waals surface area contributed by atoms with Crippen molar-refractivity contribution in [3.63, 3.8) is 0 Å². The Balaban J connectivity index is 3.44. The summed E-state index contributed by atoms with van der Waals surface area (Å²) in [6.45, 7) is 4.23. The van der Waals surface area contributed by atoms with Crippen LogP contribution in [0.1, 0.15) is 20.8 Å². The zero-order valence-corrected chi connectivity index (χ0v) is 16.5. The summed E-state index contributed by atoms with van der Waals surface area (Å²) in [5.74, 6) is -0.454. The van der Waals surface area contributed by atoms with Crippen LogP contribution in [0.4, 0.5) is 16.2 Å². The molecule has 0 atom stereocenters. The van der Waals surface area contributed by atoms with E-state index in [0.29, 0.717) is 0 Å². The Morgan fingerprint density at radius 1 is 1.36 bits per heavy atom. The van der Waals surface area contributed by atoms with Crippen LogP contribution in [0.3, 0.4) is 0 Å². The molecule has 0 bridgehead atoms. The highest BCUT2D eigenvalue weighted by Crippen LogP contribution is 2.39. The maximum Gasteiger partial charge on any atom is 0.415 e. The lowest BCUT2D eigenvalue weighted by Gasteiger charge is -2.27. The molecule has 0 aliphatic rings. The molecule has 0 aromatic heterocycles. The minimum Gasteiger partial charge on any atom is -0.443 e. The van der Waals surface area contributed by atoms with Gasteiger partial charge in [-0.25, -0.2) is 4.79 Å². The Morgan fingerprint density at radius 3 is 2.44 bits per heavy atom. The number of carbonyl (C=O) groups is 2. The Hall–Kier alpha value is -1.71. The Bertz CT molecular complexity index is 689. The van der Waals surface area contributed by atoms with Crippen molar-refractivity contribution in [1.29, 1.82) is 0 Å². The van der Waals surface area contributed by atoms with Gasteiger partial charge in [0.1, 0.15) is 17.9 Å². The van der Waals surface area contributed by atoms with E-state index in [1.807, 2.05) is 0 Å². The van der Waals surface area contributed by atoms with Crippen LogP contribution in [0.25, 0.3) is 0 Å². The number of nitro groups is 1. The molecule has 0 aliphatic heterocycles. The Labute approximate surface area is 158 Å². The lowest BCUT2D eigenvalue weighted by molar-refractivity contribution is -0.384. The summed E-state index contributed by atoms with van der Waals surface area (Å²) >= 11 is 9.02. The van der Waals surface area contributed by atoms with Gasteiger partial charge in [-0.3, -0.25) is 19.8 Å². The van der Waals surface area contributed by atoms with Crippen LogP contribution in [0, 0.1) is 10.1 Å². The predicted octanol–water partition coefficient (Wildman–Crippen LogP) is 3.97. The van der Waals surface area contributed by atoms with Gasteiger partial charge in [0.15, 0.2) is 5.78 Å². The minimum atomic E-state index is -0.900. The monoisotopic (exact) mass is 436 g/mol. The van der Waals surface area contributed by atoms with Crippen LogP contribution < -0.4 is 4.90 Å². The van der Waals surface area contributed by atoms with Gasteiger partial charge >= 0.3 is 6.09 Å². The maximum atomic E-state index is 12.5. The molecule has 1 aromatic rings. The van der Waals surface area contributed by atoms with Crippen LogP contribution in [-0.4, -0.2) is 42.7 Å². The van der Waals surface area contributed by atoms with Crippen molar-refractivity contribution >= 4 is 50.8 Å². The first-order chi connectivity index (χ1) is 11.5. The molecule has 1 rings (SSSR count). The number of carbonyl (C=O) groups excluding carboxylic acids is 2. The normalized spacial score (nSPS) is 11.1. The van der Waals surface area contributed by atoms with E-state index < -0.39 is 34.6 Å². The Kier molecular flexibility index (Phi) is 7.33. The summed E-state index contributed by atoms with van der Waals surface area (Å²) in [5, 5.41) is 11.5. The van der Waals surface area contributed by atoms with Crippen LogP contribution in [-0.2, 0) is 14.3 Å². The summed E-state index contributed by atoms with van der Waals surface area (Å²) in [6, 6.07) is 2.49. The second kappa shape index (κ2) is 8.59. The summed E-state index contributed by atoms with van der Waals surface area (Å²) in [4.78, 5) is 36.1. The first-order valence-electron chi connectivity index (χ1n) is 7.11. The van der Waals surface area contributed by atoms with E-state index in [-0.39, 0.29) is 21.8 Å². The number of amides is 1. The van der Waals surface area contributed by atoms with Gasteiger partial charge in [-0.05, 0) is 42.8 Å². The highest BCUT2D eigenvalue weighted by atomic mass is 79.9. The fraction of sp³-hybridized carbons (Fsp3) is 0.467. The van der Waals surface area contributed by atoms with E-state index in [2.05, 4.69) is 15.9 Å². The first kappa shape index (κ1) is 21.3. The SMILES string of the molecule is COCC(=O)CN(C(=O)OC(C)(C)C)c1c(Br)cc(Cl)cc1[N+](=O)[O-]. The number of ether oxygens (including phenoxy) is 2. The Morgan fingerprint density at radius 2 is 1.96 bits per heavy atom. The van der Waals surface area contributed by atoms with Crippen LogP contribution >= 0.6 is 27.5 Å². The molecule has 10 heteroatoms. The van der Waals surface area contributed by atoms with Crippen molar-refractivity contribution in [1.82, 2.24) is 0 Å². The number of methoxy groups -OCH3 is 1. The predicted molar refractivity (Wildman–Crippen MR) is 96.3 cm³/mol. The van der Waals surface area contributed by atoms with E-state index in [9.17, 15) is 19.7 Å². The lowest BCUT2D eigenvalue weighted by Crippen LogP contribution is -2.41. The van der Waals surface area contributed by atoms with Gasteiger partial charge < -0.3 is 9.47 Å². The van der Waals surface area contributed by atoms with E-state index >= 15 is 0 Å². The quantitative estimate of drug-likeness (QED) is 0.493. The molecule has 0 aliphatic carbocycles. The van der Waals surface area contributed by atoms with E-state index in [0.717, 1.165) is 11.0 Å². The van der Waals surface area contributed by atoms with Crippen LogP contribution in [0.15, 0.2) is 16.6 Å². The molecule has 0 saturated carbocycles. The smallest absolute Gasteiger partial charge is 0.415 e. The standard InChI is InChI=1S/C15H18BrClN2O6/c1-15(2,3)25-14(21)18(7-10(20)8-24-4)13-11(16)5-9(17)6-12(13)19(22)23/h5-6H,7-8H2,1-4H3. The van der Waals surface area contributed by atoms with Gasteiger partial charge in [0.25, 0.3) is 5.69 Å². The zero-order valence-electron chi connectivity index (χ0n) is 14.2. The second-order valence-electron chi connectivity index (χ2n) is 6.05. The number of ketones is 1. The summed E-state index contributed by atoms with van der Waals surface area (Å²) in [7, 11) is 1.33. The van der Waals surface area contributed by atoms with Crippen molar-refractivity contribution in [2.24, 2.45) is 0 Å². The zero-order chi connectivity index (χ0) is 19.4. The van der Waals surface area contributed by atoms with Gasteiger partial charge in [-0.1, -0.05) is 11.6 Å². The van der Waals surface area contributed by atoms with E-state index in [4.69, 9.17) is 21.1 Å². The third-order valence-corrected chi connectivity index (χ3v) is 3.55. The second-order valence-corrected chi connectivity index (χ2v) is 7.34. The molecule has 0 heterocycles. The topological polar surface area (TPSA) is 99.0 Å². The first-order valence-corrected chi connectivity index (χ1v) is 8.28. The number of hydrogen-bond donors (Lipinski definition) is 0. The molecule has 0 N–H and O–H groups in total. The molecule has 1 aromatic carbocycles. The average Bonchev–Trinajstić information content (AvgIpc) is 2.43. The number of Topliss-reactive ketones (excluding diaryl/α,β-unsaturated/α-hetero) is 1. The van der Waals surface area contributed by atoms with Crippen molar-refractivity contribution in [3.8, 4) is 0 Å². The highest BCUT2D eigenvalue weighted by molar-refractivity contribution is 9.10. The third kappa shape index (κ3) is 6.26. The average molecular weight is 438 g/mol. The van der Waals surface area contributed by atoms with Gasteiger partial charge in [-0.2, -0.15) is 0 Å². The molecular formula is C15H18BrClN2O6. The number of nitrogens with zero attached hydrogens (tertiary/aromatic N) is 2. The number of rotatable bonds is 6. The molecule has 0 saturated heterocycles. The number of hydrogen-bond acceptors (Lipinski definition) is 6. The fourth-order valence-electron chi connectivity index (χ4n) is 1.89. The molecule has 0 fully saturated rings. The van der Waals surface area contributed by atoms with Gasteiger partial charge in [-0.15, -0.1) is 0 Å². The van der Waals surface area contributed by atoms with Gasteiger partial charge in [0, 0.05) is 22.7 Å². The highest BCUT2D eigenvalue weighted by Gasteiger charge is 2.32. The molecule has 138 valence electrons. The summed E-state index contributed by atoms with van der Waals surface area (Å²) in [5.41, 5.74) is -1.41. The largest absolute Gasteiger partial charge is 0.443 e. The molecule has 0 spiro atoms. The maximum absolute atomic E-state index is 12.5. The lowest BCUT2D eigenvalue weighted by atomic mass is 10.2. The molecule has 1 amide bonds. The molecular weight excluding hydrogens is 420 g/mol. The molecule has 25 heavy (non-hydrogen) atoms. The number of anilines is 1. The van der Waals surface area contributed by atoms with Crippen molar-refractivity contribution in [2.45, 2.75) is 26.4 Å². The van der Waals surface area contributed by atoms with E-state index in [1.165, 1.54) is 13.2 Å². The fourth-order valence-corrected chi connectivity index (χ4v) is 2.90. The van der Waals surface area contributed by atoms with Crippen molar-refractivity contribution < 1.29 is 24.0 Å². The minimum absolute atomic E-state index is 0.106. The van der Waals surface area contributed by atoms with Crippen molar-refractivity contribution in [3.05, 3.63) is 31.7 Å². The summed E-state index contributed by atoms with van der Waals surface area (Å²) < 4.78 is 10.2. The number of halogens is 2. The third-order valence-electron chi connectivity index (χ3n) is 2.73. The van der Waals surface area contributed by atoms with Gasteiger partial charge in [0.2, 0.25) is 0 Å². The summed E-state index contributed by atoms with van der Waals surface area (Å²) in [6.07, 6.45) is -0.900. The molecule has 0 radical (unpaired) electrons. The number of benzene rings is 1.